The number of hydrogen-bond donors (Lipinski definition) is 2. The van der Waals surface area contributed by atoms with E-state index in [-0.39, 0.29) is 13.0 Å². The summed E-state index contributed by atoms with van der Waals surface area (Å²) in [4.78, 5) is 11.2. The lowest BCUT2D eigenvalue weighted by molar-refractivity contribution is -0.145. The number of carbonyl (C=O) groups is 1. The maximum absolute atomic E-state index is 11.2. The highest BCUT2D eigenvalue weighted by Gasteiger charge is 2.13. The molecular weight excluding hydrogens is 357 g/mol. The number of hydrogen-bond acceptors (Lipinski definition) is 4. The molecule has 1 aromatic carbocycles. The number of aliphatic hydroxyl groups is 1. The normalized spacial score (nSPS) is 12.1. The first-order valence-electron chi connectivity index (χ1n) is 5.66. The first kappa shape index (κ1) is 16.6. The van der Waals surface area contributed by atoms with Crippen molar-refractivity contribution in [3.05, 3.63) is 26.7 Å². The van der Waals surface area contributed by atoms with E-state index in [2.05, 4.69) is 21.2 Å². The molecule has 1 atom stereocenters. The molecule has 0 fully saturated rings. The van der Waals surface area contributed by atoms with Crippen molar-refractivity contribution in [1.29, 1.82) is 0 Å². The average molecular weight is 371 g/mol. The molecule has 0 heterocycles. The van der Waals surface area contributed by atoms with E-state index in [1.165, 1.54) is 0 Å². The topological polar surface area (TPSA) is 58.6 Å². The Morgan fingerprint density at radius 1 is 1.47 bits per heavy atom. The number of ether oxygens (including phenoxy) is 1. The van der Waals surface area contributed by atoms with Crippen molar-refractivity contribution >= 4 is 50.8 Å². The quantitative estimate of drug-likeness (QED) is 0.594. The van der Waals surface area contributed by atoms with Gasteiger partial charge in [0, 0.05) is 11.0 Å². The molecule has 4 nitrogen and oxygen atoms in total. The van der Waals surface area contributed by atoms with Crippen LogP contribution < -0.4 is 5.32 Å². The third-order valence-electron chi connectivity index (χ3n) is 2.27. The van der Waals surface area contributed by atoms with Gasteiger partial charge in [0.2, 0.25) is 0 Å². The zero-order chi connectivity index (χ0) is 14.4. The van der Waals surface area contributed by atoms with E-state index in [4.69, 9.17) is 27.9 Å². The average Bonchev–Trinajstić information content (AvgIpc) is 2.35. The van der Waals surface area contributed by atoms with Crippen LogP contribution in [0.1, 0.15) is 13.3 Å². The van der Waals surface area contributed by atoms with Crippen LogP contribution in [0.5, 0.6) is 0 Å². The molecule has 0 aromatic heterocycles. The summed E-state index contributed by atoms with van der Waals surface area (Å²) in [7, 11) is 0. The first-order chi connectivity index (χ1) is 8.95. The Hall–Kier alpha value is -0.490. The number of nitrogens with one attached hydrogen (secondary N) is 1. The highest BCUT2D eigenvalue weighted by Crippen LogP contribution is 2.35. The lowest BCUT2D eigenvalue weighted by atomic mass is 10.2. The molecule has 0 aliphatic rings. The summed E-state index contributed by atoms with van der Waals surface area (Å²) in [6.45, 7) is 2.19. The molecule has 0 spiro atoms. The Morgan fingerprint density at radius 2 is 2.16 bits per heavy atom. The molecule has 7 heteroatoms. The molecule has 0 aliphatic carbocycles. The molecule has 0 radical (unpaired) electrons. The van der Waals surface area contributed by atoms with Gasteiger partial charge in [0.25, 0.3) is 0 Å². The highest BCUT2D eigenvalue weighted by molar-refractivity contribution is 9.10. The van der Waals surface area contributed by atoms with Gasteiger partial charge in [0.15, 0.2) is 0 Å². The highest BCUT2D eigenvalue weighted by atomic mass is 79.9. The fraction of sp³-hybridized carbons (Fsp3) is 0.417. The second-order valence-corrected chi connectivity index (χ2v) is 5.38. The standard InChI is InChI=1S/C12H14BrCl2NO3/c1-2-19-10(18)5-7(17)6-16-9-4-3-8(13)11(14)12(9)15/h3-4,7,16-17H,2,5-6H2,1H3. The van der Waals surface area contributed by atoms with E-state index in [0.29, 0.717) is 26.8 Å². The summed E-state index contributed by atoms with van der Waals surface area (Å²) in [5.74, 6) is -0.434. The molecule has 1 unspecified atom stereocenters. The molecule has 0 aliphatic heterocycles. The van der Waals surface area contributed by atoms with Gasteiger partial charge in [-0.15, -0.1) is 0 Å². The van der Waals surface area contributed by atoms with Crippen LogP contribution in [-0.2, 0) is 9.53 Å². The van der Waals surface area contributed by atoms with Crippen LogP contribution in [0.3, 0.4) is 0 Å². The van der Waals surface area contributed by atoms with E-state index in [9.17, 15) is 9.90 Å². The Bertz CT molecular complexity index is 457. The molecule has 0 bridgehead atoms. The number of esters is 1. The van der Waals surface area contributed by atoms with Crippen molar-refractivity contribution < 1.29 is 14.6 Å². The zero-order valence-electron chi connectivity index (χ0n) is 10.3. The van der Waals surface area contributed by atoms with E-state index < -0.39 is 12.1 Å². The van der Waals surface area contributed by atoms with Crippen LogP contribution in [0.2, 0.25) is 10.0 Å². The molecule has 0 saturated carbocycles. The number of rotatable bonds is 6. The first-order valence-corrected chi connectivity index (χ1v) is 7.21. The molecule has 19 heavy (non-hydrogen) atoms. The Morgan fingerprint density at radius 3 is 2.79 bits per heavy atom. The second-order valence-electron chi connectivity index (χ2n) is 3.77. The lowest BCUT2D eigenvalue weighted by Gasteiger charge is -2.14. The van der Waals surface area contributed by atoms with E-state index in [1.807, 2.05) is 0 Å². The van der Waals surface area contributed by atoms with Crippen LogP contribution in [0, 0.1) is 0 Å². The lowest BCUT2D eigenvalue weighted by Crippen LogP contribution is -2.24. The molecule has 0 amide bonds. The minimum atomic E-state index is -0.850. The van der Waals surface area contributed by atoms with Gasteiger partial charge >= 0.3 is 5.97 Å². The van der Waals surface area contributed by atoms with Crippen molar-refractivity contribution in [2.24, 2.45) is 0 Å². The minimum Gasteiger partial charge on any atom is -0.466 e. The SMILES string of the molecule is CCOC(=O)CC(O)CNc1ccc(Br)c(Cl)c1Cl. The molecule has 106 valence electrons. The van der Waals surface area contributed by atoms with Crippen molar-refractivity contribution in [2.75, 3.05) is 18.5 Å². The van der Waals surface area contributed by atoms with Crippen molar-refractivity contribution in [1.82, 2.24) is 0 Å². The van der Waals surface area contributed by atoms with Gasteiger partial charge in [0.1, 0.15) is 0 Å². The summed E-state index contributed by atoms with van der Waals surface area (Å²) < 4.78 is 5.43. The summed E-state index contributed by atoms with van der Waals surface area (Å²) in [5, 5.41) is 13.4. The van der Waals surface area contributed by atoms with Crippen LogP contribution in [-0.4, -0.2) is 30.3 Å². The zero-order valence-corrected chi connectivity index (χ0v) is 13.3. The molecule has 2 N–H and O–H groups in total. The van der Waals surface area contributed by atoms with Gasteiger partial charge in [-0.25, -0.2) is 0 Å². The summed E-state index contributed by atoms with van der Waals surface area (Å²) >= 11 is 15.3. The van der Waals surface area contributed by atoms with Crippen molar-refractivity contribution in [3.8, 4) is 0 Å². The van der Waals surface area contributed by atoms with Crippen LogP contribution in [0.4, 0.5) is 5.69 Å². The predicted octanol–water partition coefficient (Wildman–Crippen LogP) is 3.48. The minimum absolute atomic E-state index is 0.0667. The fourth-order valence-electron chi connectivity index (χ4n) is 1.37. The number of halogens is 3. The Balaban J connectivity index is 2.53. The van der Waals surface area contributed by atoms with Gasteiger partial charge in [-0.2, -0.15) is 0 Å². The van der Waals surface area contributed by atoms with E-state index in [0.717, 1.165) is 0 Å². The third-order valence-corrected chi connectivity index (χ3v) is 4.04. The molecular formula is C12H14BrCl2NO3. The van der Waals surface area contributed by atoms with Crippen molar-refractivity contribution in [3.63, 3.8) is 0 Å². The number of aliphatic hydroxyl groups excluding tert-OH is 1. The van der Waals surface area contributed by atoms with Gasteiger partial charge in [0.05, 0.1) is 34.9 Å². The maximum Gasteiger partial charge on any atom is 0.308 e. The molecule has 0 saturated heterocycles. The van der Waals surface area contributed by atoms with Crippen LogP contribution >= 0.6 is 39.1 Å². The third kappa shape index (κ3) is 5.18. The summed E-state index contributed by atoms with van der Waals surface area (Å²) in [6.07, 6.45) is -0.916. The number of benzene rings is 1. The van der Waals surface area contributed by atoms with Gasteiger partial charge in [-0.1, -0.05) is 23.2 Å². The van der Waals surface area contributed by atoms with E-state index >= 15 is 0 Å². The summed E-state index contributed by atoms with van der Waals surface area (Å²) in [5.41, 5.74) is 0.595. The smallest absolute Gasteiger partial charge is 0.308 e. The predicted molar refractivity (Wildman–Crippen MR) is 79.9 cm³/mol. The van der Waals surface area contributed by atoms with Crippen LogP contribution in [0.15, 0.2) is 16.6 Å². The van der Waals surface area contributed by atoms with Gasteiger partial charge in [-0.3, -0.25) is 4.79 Å². The van der Waals surface area contributed by atoms with Gasteiger partial charge in [-0.05, 0) is 35.0 Å². The Labute approximate surface area is 130 Å². The fourth-order valence-corrected chi connectivity index (χ4v) is 2.22. The van der Waals surface area contributed by atoms with E-state index in [1.54, 1.807) is 19.1 Å². The maximum atomic E-state index is 11.2. The second kappa shape index (κ2) is 7.94. The largest absolute Gasteiger partial charge is 0.466 e. The number of anilines is 1. The Kier molecular flexibility index (Phi) is 6.93. The van der Waals surface area contributed by atoms with Crippen LogP contribution in [0.25, 0.3) is 0 Å². The monoisotopic (exact) mass is 369 g/mol. The van der Waals surface area contributed by atoms with Crippen molar-refractivity contribution in [2.45, 2.75) is 19.4 Å². The molecule has 1 rings (SSSR count). The summed E-state index contributed by atoms with van der Waals surface area (Å²) in [6, 6.07) is 3.48. The molecule has 1 aromatic rings. The van der Waals surface area contributed by atoms with Gasteiger partial charge < -0.3 is 15.2 Å². The number of carbonyl (C=O) groups excluding carboxylic acids is 1.